The lowest BCUT2D eigenvalue weighted by Crippen LogP contribution is -2.48. The number of esters is 1. The second kappa shape index (κ2) is 4.80. The van der Waals surface area contributed by atoms with Crippen LogP contribution in [0.1, 0.15) is 30.7 Å². The Morgan fingerprint density at radius 2 is 2.19 bits per heavy atom. The molecule has 0 N–H and O–H groups in total. The molecule has 2 atom stereocenters. The lowest BCUT2D eigenvalue weighted by Gasteiger charge is -2.36. The summed E-state index contributed by atoms with van der Waals surface area (Å²) in [4.78, 5) is 35.2. The van der Waals surface area contributed by atoms with Crippen molar-refractivity contribution in [3.63, 3.8) is 0 Å². The number of fused-ring (bicyclic) bond motifs is 1. The Labute approximate surface area is 125 Å². The number of rotatable bonds is 2. The molecule has 1 aromatic rings. The van der Waals surface area contributed by atoms with E-state index in [0.29, 0.717) is 17.0 Å². The predicted molar refractivity (Wildman–Crippen MR) is 73.0 cm³/mol. The van der Waals surface area contributed by atoms with Crippen molar-refractivity contribution in [1.29, 1.82) is 0 Å². The zero-order chi connectivity index (χ0) is 15.2. The second-order valence-corrected chi connectivity index (χ2v) is 5.82. The maximum absolute atomic E-state index is 12.4. The Balaban J connectivity index is 2.19. The summed E-state index contributed by atoms with van der Waals surface area (Å²) >= 11 is 5.95. The molecule has 0 radical (unpaired) electrons. The third-order valence-electron chi connectivity index (χ3n) is 4.31. The predicted octanol–water partition coefficient (Wildman–Crippen LogP) is 2.36. The van der Waals surface area contributed by atoms with E-state index in [1.165, 1.54) is 6.07 Å². The molecular formula is C14H12ClNO5. The van der Waals surface area contributed by atoms with Crippen molar-refractivity contribution in [3.05, 3.63) is 38.9 Å². The first-order valence-corrected chi connectivity index (χ1v) is 7.00. The topological polar surface area (TPSA) is 86.5 Å². The fourth-order valence-corrected chi connectivity index (χ4v) is 3.54. The third kappa shape index (κ3) is 2.01. The van der Waals surface area contributed by atoms with Gasteiger partial charge in [0.15, 0.2) is 5.78 Å². The smallest absolute Gasteiger partial charge is 0.325 e. The molecule has 0 bridgehead atoms. The minimum absolute atomic E-state index is 0.249. The Kier molecular flexibility index (Phi) is 3.20. The first-order valence-electron chi connectivity index (χ1n) is 6.62. The summed E-state index contributed by atoms with van der Waals surface area (Å²) in [5.74, 6) is -1.52. The molecule has 7 heteroatoms. The molecule has 0 unspecified atom stereocenters. The largest absolute Gasteiger partial charge is 0.425 e. The van der Waals surface area contributed by atoms with Crippen LogP contribution in [-0.2, 0) is 9.59 Å². The summed E-state index contributed by atoms with van der Waals surface area (Å²) in [6.45, 7) is -0.492. The molecule has 3 rings (SSSR count). The van der Waals surface area contributed by atoms with Crippen molar-refractivity contribution in [3.8, 4) is 5.75 Å². The van der Waals surface area contributed by atoms with Gasteiger partial charge in [-0.1, -0.05) is 11.6 Å². The van der Waals surface area contributed by atoms with E-state index in [4.69, 9.17) is 16.3 Å². The quantitative estimate of drug-likeness (QED) is 0.275. The number of benzene rings is 1. The first kappa shape index (κ1) is 14.0. The monoisotopic (exact) mass is 309 g/mol. The van der Waals surface area contributed by atoms with Gasteiger partial charge >= 0.3 is 5.97 Å². The number of ether oxygens (including phenoxy) is 1. The van der Waals surface area contributed by atoms with Gasteiger partial charge in [0.05, 0.1) is 5.92 Å². The molecule has 0 saturated heterocycles. The van der Waals surface area contributed by atoms with E-state index < -0.39 is 28.8 Å². The van der Waals surface area contributed by atoms with Crippen LogP contribution in [0.25, 0.3) is 0 Å². The standard InChI is InChI=1S/C14H12ClNO5/c15-8-3-4-11-9(6-8)10(7-16(19)20)14(13(18)21-11)5-1-2-12(14)17/h3-4,6,10H,1-2,5,7H2/t10-,14+/m1/s1. The number of nitrogens with zero attached hydrogens (tertiary/aromatic N) is 1. The van der Waals surface area contributed by atoms with Crippen molar-refractivity contribution in [2.45, 2.75) is 25.2 Å². The number of halogens is 1. The fourth-order valence-electron chi connectivity index (χ4n) is 3.36. The van der Waals surface area contributed by atoms with Gasteiger partial charge in [0.25, 0.3) is 0 Å². The van der Waals surface area contributed by atoms with Gasteiger partial charge in [-0.2, -0.15) is 0 Å². The summed E-state index contributed by atoms with van der Waals surface area (Å²) < 4.78 is 5.27. The highest BCUT2D eigenvalue weighted by atomic mass is 35.5. The van der Waals surface area contributed by atoms with Crippen molar-refractivity contribution in [2.75, 3.05) is 6.54 Å². The molecule has 1 aliphatic carbocycles. The second-order valence-electron chi connectivity index (χ2n) is 5.39. The molecule has 2 aliphatic rings. The molecule has 6 nitrogen and oxygen atoms in total. The van der Waals surface area contributed by atoms with E-state index >= 15 is 0 Å². The van der Waals surface area contributed by atoms with Crippen LogP contribution < -0.4 is 4.74 Å². The highest BCUT2D eigenvalue weighted by Crippen LogP contribution is 2.53. The maximum atomic E-state index is 12.4. The number of carbonyl (C=O) groups excluding carboxylic acids is 2. The van der Waals surface area contributed by atoms with Gasteiger partial charge in [-0.25, -0.2) is 0 Å². The average molecular weight is 310 g/mol. The maximum Gasteiger partial charge on any atom is 0.325 e. The van der Waals surface area contributed by atoms with Crippen molar-refractivity contribution >= 4 is 23.4 Å². The number of hydrogen-bond acceptors (Lipinski definition) is 5. The van der Waals surface area contributed by atoms with Gasteiger partial charge in [-0.3, -0.25) is 19.7 Å². The minimum atomic E-state index is -1.43. The van der Waals surface area contributed by atoms with Crippen molar-refractivity contribution < 1.29 is 19.2 Å². The molecule has 21 heavy (non-hydrogen) atoms. The first-order chi connectivity index (χ1) is 9.95. The Morgan fingerprint density at radius 3 is 2.81 bits per heavy atom. The van der Waals surface area contributed by atoms with Crippen LogP contribution in [0.3, 0.4) is 0 Å². The van der Waals surface area contributed by atoms with Crippen LogP contribution in [0.15, 0.2) is 18.2 Å². The van der Waals surface area contributed by atoms with Gasteiger partial charge in [-0.05, 0) is 31.0 Å². The molecule has 1 aliphatic heterocycles. The van der Waals surface area contributed by atoms with Gasteiger partial charge < -0.3 is 4.74 Å². The third-order valence-corrected chi connectivity index (χ3v) is 4.55. The molecule has 1 spiro atoms. The van der Waals surface area contributed by atoms with Crippen LogP contribution in [0.5, 0.6) is 5.75 Å². The summed E-state index contributed by atoms with van der Waals surface area (Å²) in [5, 5.41) is 11.4. The Hall–Kier alpha value is -1.95. The molecule has 0 amide bonds. The Morgan fingerprint density at radius 1 is 1.43 bits per heavy atom. The van der Waals surface area contributed by atoms with Crippen LogP contribution in [-0.4, -0.2) is 23.2 Å². The molecule has 1 saturated carbocycles. The number of nitro groups is 1. The minimum Gasteiger partial charge on any atom is -0.425 e. The summed E-state index contributed by atoms with van der Waals surface area (Å²) in [5.41, 5.74) is -0.959. The molecule has 0 aromatic heterocycles. The molecule has 1 aromatic carbocycles. The summed E-state index contributed by atoms with van der Waals surface area (Å²) in [7, 11) is 0. The molecule has 110 valence electrons. The average Bonchev–Trinajstić information content (AvgIpc) is 2.79. The van der Waals surface area contributed by atoms with E-state index in [2.05, 4.69) is 0 Å². The number of Topliss-reactive ketones (excluding diaryl/α,β-unsaturated/α-hetero) is 1. The van der Waals surface area contributed by atoms with E-state index in [1.807, 2.05) is 0 Å². The Bertz CT molecular complexity index is 659. The number of carbonyl (C=O) groups is 2. The zero-order valence-electron chi connectivity index (χ0n) is 11.0. The zero-order valence-corrected chi connectivity index (χ0v) is 11.8. The molecule has 1 fully saturated rings. The highest BCUT2D eigenvalue weighted by Gasteiger charge is 2.60. The fraction of sp³-hybridized carbons (Fsp3) is 0.429. The summed E-state index contributed by atoms with van der Waals surface area (Å²) in [6, 6.07) is 4.60. The van der Waals surface area contributed by atoms with Crippen molar-refractivity contribution in [1.82, 2.24) is 0 Å². The lowest BCUT2D eigenvalue weighted by molar-refractivity contribution is -0.485. The van der Waals surface area contributed by atoms with Crippen LogP contribution in [0, 0.1) is 15.5 Å². The lowest BCUT2D eigenvalue weighted by atomic mass is 9.68. The van der Waals surface area contributed by atoms with Gasteiger partial charge in [-0.15, -0.1) is 0 Å². The molecule has 1 heterocycles. The van der Waals surface area contributed by atoms with E-state index in [-0.39, 0.29) is 24.4 Å². The van der Waals surface area contributed by atoms with Gasteiger partial charge in [0.2, 0.25) is 6.54 Å². The van der Waals surface area contributed by atoms with E-state index in [0.717, 1.165) is 0 Å². The van der Waals surface area contributed by atoms with Gasteiger partial charge in [0, 0.05) is 21.9 Å². The van der Waals surface area contributed by atoms with Crippen LogP contribution in [0.4, 0.5) is 0 Å². The number of hydrogen-bond donors (Lipinski definition) is 0. The normalized spacial score (nSPS) is 27.6. The van der Waals surface area contributed by atoms with Gasteiger partial charge in [0.1, 0.15) is 11.2 Å². The molecular weight excluding hydrogens is 298 g/mol. The van der Waals surface area contributed by atoms with Crippen LogP contribution in [0.2, 0.25) is 5.02 Å². The van der Waals surface area contributed by atoms with E-state index in [1.54, 1.807) is 12.1 Å². The van der Waals surface area contributed by atoms with Crippen molar-refractivity contribution in [2.24, 2.45) is 5.41 Å². The van der Waals surface area contributed by atoms with E-state index in [9.17, 15) is 19.7 Å². The highest BCUT2D eigenvalue weighted by molar-refractivity contribution is 6.30. The number of ketones is 1. The SMILES string of the molecule is O=C1CCC[C@@]12C(=O)Oc1ccc(Cl)cc1[C@H]2C[N+](=O)[O-]. The van der Waals surface area contributed by atoms with Crippen LogP contribution >= 0.6 is 11.6 Å². The summed E-state index contributed by atoms with van der Waals surface area (Å²) in [6.07, 6.45) is 1.08.